The number of aliphatic hydroxyl groups excluding tert-OH is 1. The number of rotatable bonds is 5. The van der Waals surface area contributed by atoms with E-state index in [4.69, 9.17) is 5.11 Å². The molecule has 0 heterocycles. The number of halogens is 2. The molecular weight excluding hydrogens is 356 g/mol. The van der Waals surface area contributed by atoms with Crippen LogP contribution in [0.3, 0.4) is 0 Å². The standard InChI is InChI=1S/C11H10Br2O4/c12-5-4-8(14)6-2-1-3-7(13)9(6)10(15)11(16)17/h1-3,10,15H,4-5H2,(H,16,17). The highest BCUT2D eigenvalue weighted by Crippen LogP contribution is 2.28. The average molecular weight is 366 g/mol. The minimum Gasteiger partial charge on any atom is -0.479 e. The molecule has 2 N–H and O–H groups in total. The van der Waals surface area contributed by atoms with Crippen LogP contribution < -0.4 is 0 Å². The molecule has 0 aliphatic heterocycles. The summed E-state index contributed by atoms with van der Waals surface area (Å²) in [7, 11) is 0. The Morgan fingerprint density at radius 1 is 1.35 bits per heavy atom. The van der Waals surface area contributed by atoms with Crippen molar-refractivity contribution < 1.29 is 19.8 Å². The number of ketones is 1. The summed E-state index contributed by atoms with van der Waals surface area (Å²) >= 11 is 6.29. The third-order valence-electron chi connectivity index (χ3n) is 2.18. The minimum atomic E-state index is -1.71. The van der Waals surface area contributed by atoms with Gasteiger partial charge in [0.1, 0.15) is 0 Å². The molecule has 4 nitrogen and oxygen atoms in total. The number of alkyl halides is 1. The number of carbonyl (C=O) groups excluding carboxylic acids is 1. The smallest absolute Gasteiger partial charge is 0.337 e. The van der Waals surface area contributed by atoms with Gasteiger partial charge in [-0.05, 0) is 6.07 Å². The number of aliphatic carboxylic acids is 1. The lowest BCUT2D eigenvalue weighted by Gasteiger charge is -2.13. The fourth-order valence-corrected chi connectivity index (χ4v) is 2.35. The lowest BCUT2D eigenvalue weighted by atomic mass is 9.98. The first kappa shape index (κ1) is 14.3. The summed E-state index contributed by atoms with van der Waals surface area (Å²) in [4.78, 5) is 22.6. The summed E-state index contributed by atoms with van der Waals surface area (Å²) in [5.41, 5.74) is 0.333. The van der Waals surface area contributed by atoms with Gasteiger partial charge in [0.05, 0.1) is 0 Å². The van der Waals surface area contributed by atoms with Crippen molar-refractivity contribution in [3.63, 3.8) is 0 Å². The molecule has 0 fully saturated rings. The number of hydrogen-bond acceptors (Lipinski definition) is 3. The molecule has 1 aromatic carbocycles. The monoisotopic (exact) mass is 364 g/mol. The number of carboxylic acids is 1. The molecular formula is C11H10Br2O4. The SMILES string of the molecule is O=C(CCBr)c1cccc(Br)c1C(O)C(=O)O. The number of aliphatic hydroxyl groups is 1. The Bertz CT molecular complexity index is 445. The third-order valence-corrected chi connectivity index (χ3v) is 3.27. The predicted molar refractivity (Wildman–Crippen MR) is 69.5 cm³/mol. The van der Waals surface area contributed by atoms with E-state index in [1.807, 2.05) is 0 Å². The molecule has 1 atom stereocenters. The second-order valence-corrected chi connectivity index (χ2v) is 4.95. The molecule has 1 aromatic rings. The van der Waals surface area contributed by atoms with Crippen LogP contribution in [-0.2, 0) is 4.79 Å². The van der Waals surface area contributed by atoms with Crippen LogP contribution in [-0.4, -0.2) is 27.3 Å². The van der Waals surface area contributed by atoms with Gasteiger partial charge in [0, 0.05) is 27.4 Å². The second kappa shape index (κ2) is 6.28. The summed E-state index contributed by atoms with van der Waals surface area (Å²) in [6.45, 7) is 0. The highest BCUT2D eigenvalue weighted by molar-refractivity contribution is 9.10. The first-order chi connectivity index (χ1) is 7.99. The maximum Gasteiger partial charge on any atom is 0.337 e. The fourth-order valence-electron chi connectivity index (χ4n) is 1.40. The average Bonchev–Trinajstić information content (AvgIpc) is 2.28. The molecule has 1 rings (SSSR count). The van der Waals surface area contributed by atoms with Crippen LogP contribution in [0.15, 0.2) is 22.7 Å². The van der Waals surface area contributed by atoms with Crippen molar-refractivity contribution in [2.24, 2.45) is 0 Å². The molecule has 0 bridgehead atoms. The Labute approximate surface area is 115 Å². The molecule has 1 unspecified atom stereocenters. The van der Waals surface area contributed by atoms with Crippen molar-refractivity contribution in [1.29, 1.82) is 0 Å². The summed E-state index contributed by atoms with van der Waals surface area (Å²) in [6, 6.07) is 4.73. The van der Waals surface area contributed by atoms with Gasteiger partial charge in [0.25, 0.3) is 0 Å². The molecule has 0 amide bonds. The van der Waals surface area contributed by atoms with Crippen LogP contribution in [0.2, 0.25) is 0 Å². The van der Waals surface area contributed by atoms with E-state index in [0.29, 0.717) is 9.80 Å². The van der Waals surface area contributed by atoms with E-state index in [2.05, 4.69) is 31.9 Å². The molecule has 17 heavy (non-hydrogen) atoms. The summed E-state index contributed by atoms with van der Waals surface area (Å²) in [6.07, 6.45) is -1.46. The number of carboxylic acid groups (broad SMARTS) is 1. The molecule has 92 valence electrons. The Hall–Kier alpha value is -0.720. The van der Waals surface area contributed by atoms with Gasteiger partial charge in [-0.3, -0.25) is 4.79 Å². The Morgan fingerprint density at radius 2 is 2.00 bits per heavy atom. The van der Waals surface area contributed by atoms with Gasteiger partial charge in [-0.15, -0.1) is 0 Å². The quantitative estimate of drug-likeness (QED) is 0.621. The van der Waals surface area contributed by atoms with Gasteiger partial charge in [0.2, 0.25) is 0 Å². The molecule has 0 radical (unpaired) electrons. The lowest BCUT2D eigenvalue weighted by molar-refractivity contribution is -0.147. The van der Waals surface area contributed by atoms with Gasteiger partial charge >= 0.3 is 5.97 Å². The maximum atomic E-state index is 11.8. The molecule has 0 aromatic heterocycles. The lowest BCUT2D eigenvalue weighted by Crippen LogP contribution is -2.16. The summed E-state index contributed by atoms with van der Waals surface area (Å²) in [5, 5.41) is 18.9. The fraction of sp³-hybridized carbons (Fsp3) is 0.273. The molecule has 0 saturated carbocycles. The van der Waals surface area contributed by atoms with Gasteiger partial charge in [-0.25, -0.2) is 4.79 Å². The Balaban J connectivity index is 3.26. The normalized spacial score (nSPS) is 12.2. The maximum absolute atomic E-state index is 11.8. The zero-order valence-electron chi connectivity index (χ0n) is 8.69. The molecule has 0 saturated heterocycles. The number of Topliss-reactive ketones (excluding diaryl/α,β-unsaturated/α-hetero) is 1. The largest absolute Gasteiger partial charge is 0.479 e. The van der Waals surface area contributed by atoms with Crippen LogP contribution in [0.5, 0.6) is 0 Å². The van der Waals surface area contributed by atoms with E-state index in [1.165, 1.54) is 6.07 Å². The predicted octanol–water partition coefficient (Wildman–Crippen LogP) is 2.53. The second-order valence-electron chi connectivity index (χ2n) is 3.30. The first-order valence-corrected chi connectivity index (χ1v) is 6.69. The van der Waals surface area contributed by atoms with Crippen LogP contribution >= 0.6 is 31.9 Å². The van der Waals surface area contributed by atoms with E-state index in [9.17, 15) is 14.7 Å². The van der Waals surface area contributed by atoms with E-state index >= 15 is 0 Å². The van der Waals surface area contributed by atoms with Crippen molar-refractivity contribution in [3.05, 3.63) is 33.8 Å². The van der Waals surface area contributed by atoms with E-state index in [1.54, 1.807) is 12.1 Å². The van der Waals surface area contributed by atoms with Gasteiger partial charge in [-0.1, -0.05) is 44.0 Å². The molecule has 0 aliphatic carbocycles. The minimum absolute atomic E-state index is 0.103. The number of benzene rings is 1. The van der Waals surface area contributed by atoms with E-state index in [0.717, 1.165) is 0 Å². The first-order valence-electron chi connectivity index (χ1n) is 4.77. The Kier molecular flexibility index (Phi) is 5.30. The molecule has 6 heteroatoms. The summed E-state index contributed by atoms with van der Waals surface area (Å²) in [5.74, 6) is -1.59. The van der Waals surface area contributed by atoms with Crippen LogP contribution in [0.25, 0.3) is 0 Å². The van der Waals surface area contributed by atoms with Crippen molar-refractivity contribution in [3.8, 4) is 0 Å². The summed E-state index contributed by atoms with van der Waals surface area (Å²) < 4.78 is 0.410. The van der Waals surface area contributed by atoms with Crippen molar-refractivity contribution in [2.45, 2.75) is 12.5 Å². The highest BCUT2D eigenvalue weighted by Gasteiger charge is 2.24. The third kappa shape index (κ3) is 3.37. The number of hydrogen-bond donors (Lipinski definition) is 2. The van der Waals surface area contributed by atoms with Crippen molar-refractivity contribution in [1.82, 2.24) is 0 Å². The zero-order chi connectivity index (χ0) is 13.0. The van der Waals surface area contributed by atoms with Crippen molar-refractivity contribution >= 4 is 43.6 Å². The van der Waals surface area contributed by atoms with Crippen LogP contribution in [0.1, 0.15) is 28.4 Å². The Morgan fingerprint density at radius 3 is 2.53 bits per heavy atom. The van der Waals surface area contributed by atoms with Gasteiger partial charge < -0.3 is 10.2 Å². The van der Waals surface area contributed by atoms with Crippen molar-refractivity contribution in [2.75, 3.05) is 5.33 Å². The van der Waals surface area contributed by atoms with Crippen LogP contribution in [0, 0.1) is 0 Å². The number of carbonyl (C=O) groups is 2. The molecule has 0 aliphatic rings. The highest BCUT2D eigenvalue weighted by atomic mass is 79.9. The van der Waals surface area contributed by atoms with Crippen LogP contribution in [0.4, 0.5) is 0 Å². The van der Waals surface area contributed by atoms with E-state index < -0.39 is 12.1 Å². The topological polar surface area (TPSA) is 74.6 Å². The molecule has 0 spiro atoms. The van der Waals surface area contributed by atoms with E-state index in [-0.39, 0.29) is 23.3 Å². The van der Waals surface area contributed by atoms with Gasteiger partial charge in [0.15, 0.2) is 11.9 Å². The van der Waals surface area contributed by atoms with Gasteiger partial charge in [-0.2, -0.15) is 0 Å². The zero-order valence-corrected chi connectivity index (χ0v) is 11.9.